The zero-order valence-corrected chi connectivity index (χ0v) is 23.1. The van der Waals surface area contributed by atoms with E-state index in [2.05, 4.69) is 31.7 Å². The molecular formula is C24H25BrClFN4O2S2. The molecule has 11 heteroatoms. The van der Waals surface area contributed by atoms with Gasteiger partial charge in [0, 0.05) is 21.7 Å². The Morgan fingerprint density at radius 3 is 2.80 bits per heavy atom. The molecule has 0 saturated heterocycles. The minimum Gasteiger partial charge on any atom is -0.462 e. The normalized spacial score (nSPS) is 13.5. The lowest BCUT2D eigenvalue weighted by molar-refractivity contribution is 0.0526. The van der Waals surface area contributed by atoms with E-state index in [1.807, 2.05) is 0 Å². The van der Waals surface area contributed by atoms with Crippen molar-refractivity contribution in [2.75, 3.05) is 17.2 Å². The third kappa shape index (κ3) is 6.22. The molecule has 4 rings (SSSR count). The van der Waals surface area contributed by atoms with E-state index in [4.69, 9.17) is 28.6 Å². The van der Waals surface area contributed by atoms with Gasteiger partial charge in [0.2, 0.25) is 0 Å². The van der Waals surface area contributed by atoms with E-state index in [9.17, 15) is 9.18 Å². The molecule has 0 aliphatic heterocycles. The van der Waals surface area contributed by atoms with E-state index in [1.165, 1.54) is 17.4 Å². The van der Waals surface area contributed by atoms with Gasteiger partial charge in [-0.1, -0.05) is 30.5 Å². The van der Waals surface area contributed by atoms with Crippen LogP contribution in [0.25, 0.3) is 0 Å². The van der Waals surface area contributed by atoms with Crippen molar-refractivity contribution in [3.63, 3.8) is 0 Å². The Morgan fingerprint density at radius 1 is 1.29 bits per heavy atom. The van der Waals surface area contributed by atoms with Crippen LogP contribution in [-0.4, -0.2) is 27.5 Å². The molecule has 35 heavy (non-hydrogen) atoms. The largest absolute Gasteiger partial charge is 0.462 e. The molecule has 186 valence electrons. The lowest BCUT2D eigenvalue weighted by Gasteiger charge is -2.12. The minimum atomic E-state index is -0.393. The summed E-state index contributed by atoms with van der Waals surface area (Å²) in [6, 6.07) is 4.57. The molecule has 0 spiro atoms. The van der Waals surface area contributed by atoms with Gasteiger partial charge in [0.1, 0.15) is 10.8 Å². The Hall–Kier alpha value is -2.01. The van der Waals surface area contributed by atoms with Gasteiger partial charge >= 0.3 is 5.97 Å². The predicted molar refractivity (Wildman–Crippen MR) is 146 cm³/mol. The fraction of sp³-hybridized carbons (Fsp3) is 0.375. The van der Waals surface area contributed by atoms with E-state index in [-0.39, 0.29) is 12.5 Å². The summed E-state index contributed by atoms with van der Waals surface area (Å²) in [5.74, 6) is -0.263. The summed E-state index contributed by atoms with van der Waals surface area (Å²) < 4.78 is 21.8. The molecule has 1 aliphatic rings. The number of thiophene rings is 1. The number of aryl methyl sites for hydroxylation is 1. The number of carbonyl (C=O) groups is 1. The van der Waals surface area contributed by atoms with Crippen LogP contribution in [0.15, 0.2) is 28.9 Å². The summed E-state index contributed by atoms with van der Waals surface area (Å²) in [4.78, 5) is 14.1. The van der Waals surface area contributed by atoms with Crippen molar-refractivity contribution in [2.45, 2.75) is 52.0 Å². The first-order valence-electron chi connectivity index (χ1n) is 11.4. The number of thiocarbonyl (C=S) groups is 1. The number of carbonyl (C=O) groups excluding carboxylic acids is 1. The van der Waals surface area contributed by atoms with Crippen LogP contribution in [0.1, 0.15) is 59.0 Å². The Bertz CT molecular complexity index is 1230. The lowest BCUT2D eigenvalue weighted by atomic mass is 9.96. The summed E-state index contributed by atoms with van der Waals surface area (Å²) in [6.07, 6.45) is 8.04. The van der Waals surface area contributed by atoms with E-state index < -0.39 is 5.82 Å². The van der Waals surface area contributed by atoms with Crippen molar-refractivity contribution in [1.82, 2.24) is 9.78 Å². The first-order valence-corrected chi connectivity index (χ1v) is 13.8. The molecule has 0 saturated carbocycles. The quantitative estimate of drug-likeness (QED) is 0.231. The molecule has 2 aromatic heterocycles. The number of nitrogens with one attached hydrogen (secondary N) is 2. The second-order valence-corrected chi connectivity index (χ2v) is 10.9. The topological polar surface area (TPSA) is 68.2 Å². The molecular weight excluding hydrogens is 575 g/mol. The first-order chi connectivity index (χ1) is 16.9. The fourth-order valence-electron chi connectivity index (χ4n) is 4.08. The van der Waals surface area contributed by atoms with Crippen molar-refractivity contribution < 1.29 is 13.9 Å². The van der Waals surface area contributed by atoms with E-state index in [0.29, 0.717) is 43.2 Å². The summed E-state index contributed by atoms with van der Waals surface area (Å²) in [5.41, 5.74) is 2.01. The van der Waals surface area contributed by atoms with E-state index in [1.54, 1.807) is 41.3 Å². The van der Waals surface area contributed by atoms with Crippen molar-refractivity contribution in [3.05, 3.63) is 61.3 Å². The SMILES string of the molecule is CCOC(=O)c1c(NC(=S)Nc2nn(Cc3c(F)cccc3Cl)cc2Br)sc2c1CCCCCC2. The molecule has 6 nitrogen and oxygen atoms in total. The third-order valence-electron chi connectivity index (χ3n) is 5.71. The summed E-state index contributed by atoms with van der Waals surface area (Å²) in [7, 11) is 0. The van der Waals surface area contributed by atoms with Gasteiger partial charge in [0.15, 0.2) is 10.9 Å². The summed E-state index contributed by atoms with van der Waals surface area (Å²) >= 11 is 16.7. The second kappa shape index (κ2) is 11.8. The Kier molecular flexibility index (Phi) is 8.80. The van der Waals surface area contributed by atoms with Crippen LogP contribution in [0, 0.1) is 5.82 Å². The van der Waals surface area contributed by atoms with Crippen LogP contribution in [0.5, 0.6) is 0 Å². The Labute approximate surface area is 226 Å². The van der Waals surface area contributed by atoms with Crippen LogP contribution in [0.4, 0.5) is 15.2 Å². The molecule has 2 N–H and O–H groups in total. The number of esters is 1. The standard InChI is InChI=1S/C24H25BrClFN4O2S2/c1-2-33-23(32)20-14-8-5-3-4-6-11-19(14)35-22(20)29-24(34)28-21-16(25)13-31(30-21)12-15-17(26)9-7-10-18(15)27/h7,9-10,13H,2-6,8,11-12H2,1H3,(H2,28,29,30,34). The van der Waals surface area contributed by atoms with Crippen molar-refractivity contribution in [3.8, 4) is 0 Å². The highest BCUT2D eigenvalue weighted by Gasteiger charge is 2.26. The van der Waals surface area contributed by atoms with Crippen LogP contribution in [0.2, 0.25) is 5.02 Å². The average molecular weight is 600 g/mol. The number of hydrogen-bond donors (Lipinski definition) is 2. The monoisotopic (exact) mass is 598 g/mol. The van der Waals surface area contributed by atoms with Crippen LogP contribution < -0.4 is 10.6 Å². The molecule has 0 unspecified atom stereocenters. The summed E-state index contributed by atoms with van der Waals surface area (Å²) in [6.45, 7) is 2.27. The van der Waals surface area contributed by atoms with Gasteiger partial charge in [-0.3, -0.25) is 4.68 Å². The molecule has 2 heterocycles. The number of anilines is 2. The summed E-state index contributed by atoms with van der Waals surface area (Å²) in [5, 5.41) is 12.0. The number of halogens is 3. The van der Waals surface area contributed by atoms with Gasteiger partial charge in [-0.25, -0.2) is 9.18 Å². The highest BCUT2D eigenvalue weighted by molar-refractivity contribution is 9.10. The van der Waals surface area contributed by atoms with Crippen molar-refractivity contribution in [2.24, 2.45) is 0 Å². The maximum atomic E-state index is 14.2. The number of aromatic nitrogens is 2. The van der Waals surface area contributed by atoms with Crippen molar-refractivity contribution >= 4 is 73.0 Å². The van der Waals surface area contributed by atoms with Crippen LogP contribution in [-0.2, 0) is 24.1 Å². The Morgan fingerprint density at radius 2 is 2.06 bits per heavy atom. The van der Waals surface area contributed by atoms with E-state index >= 15 is 0 Å². The van der Waals surface area contributed by atoms with Gasteiger partial charge in [0.05, 0.1) is 23.2 Å². The maximum Gasteiger partial charge on any atom is 0.341 e. The Balaban J connectivity index is 1.53. The van der Waals surface area contributed by atoms with Crippen LogP contribution in [0.3, 0.4) is 0 Å². The smallest absolute Gasteiger partial charge is 0.341 e. The first kappa shape index (κ1) is 26.1. The van der Waals surface area contributed by atoms with E-state index in [0.717, 1.165) is 37.7 Å². The van der Waals surface area contributed by atoms with Crippen LogP contribution >= 0.6 is 51.1 Å². The molecule has 1 aliphatic carbocycles. The zero-order chi connectivity index (χ0) is 24.9. The number of nitrogens with zero attached hydrogens (tertiary/aromatic N) is 2. The van der Waals surface area contributed by atoms with Gasteiger partial charge in [-0.05, 0) is 78.5 Å². The number of rotatable bonds is 6. The molecule has 1 aromatic carbocycles. The predicted octanol–water partition coefficient (Wildman–Crippen LogP) is 7.19. The van der Waals surface area contributed by atoms with Crippen molar-refractivity contribution in [1.29, 1.82) is 0 Å². The highest BCUT2D eigenvalue weighted by atomic mass is 79.9. The fourth-order valence-corrected chi connectivity index (χ4v) is 6.26. The second-order valence-electron chi connectivity index (χ2n) is 8.15. The molecule has 0 radical (unpaired) electrons. The number of fused-ring (bicyclic) bond motifs is 1. The number of ether oxygens (including phenoxy) is 1. The van der Waals surface area contributed by atoms with Gasteiger partial charge in [0.25, 0.3) is 0 Å². The maximum absolute atomic E-state index is 14.2. The molecule has 0 fully saturated rings. The van der Waals surface area contributed by atoms with Gasteiger partial charge < -0.3 is 15.4 Å². The minimum absolute atomic E-state index is 0.163. The van der Waals surface area contributed by atoms with Gasteiger partial charge in [-0.15, -0.1) is 11.3 Å². The average Bonchev–Trinajstić information content (AvgIpc) is 3.30. The van der Waals surface area contributed by atoms with Gasteiger partial charge in [-0.2, -0.15) is 5.10 Å². The molecule has 0 bridgehead atoms. The molecule has 0 atom stereocenters. The lowest BCUT2D eigenvalue weighted by Crippen LogP contribution is -2.21. The molecule has 3 aromatic rings. The third-order valence-corrected chi connectivity index (χ3v) is 8.05. The number of benzene rings is 1. The zero-order valence-electron chi connectivity index (χ0n) is 19.1. The number of hydrogen-bond acceptors (Lipinski definition) is 5. The highest BCUT2D eigenvalue weighted by Crippen LogP contribution is 2.38. The molecule has 0 amide bonds.